The molecule has 32 heavy (non-hydrogen) atoms. The molecule has 1 nitrogen and oxygen atoms in total. The molecular weight excluding hydrogens is 386 g/mol. The summed E-state index contributed by atoms with van der Waals surface area (Å²) >= 11 is 0. The van der Waals surface area contributed by atoms with Crippen LogP contribution in [-0.2, 0) is 5.41 Å². The molecule has 4 rings (SSSR count). The minimum atomic E-state index is 0.0616. The van der Waals surface area contributed by atoms with Gasteiger partial charge in [0.2, 0.25) is 0 Å². The van der Waals surface area contributed by atoms with Crippen molar-refractivity contribution in [2.45, 2.75) is 73.6 Å². The summed E-state index contributed by atoms with van der Waals surface area (Å²) in [5.74, 6) is 0. The Morgan fingerprint density at radius 1 is 0.781 bits per heavy atom. The molecule has 3 aromatic carbocycles. The molecule has 0 radical (unpaired) electrons. The zero-order chi connectivity index (χ0) is 24.1. The molecule has 0 saturated heterocycles. The van der Waals surface area contributed by atoms with Crippen LogP contribution in [0.3, 0.4) is 0 Å². The van der Waals surface area contributed by atoms with Gasteiger partial charge in [0.25, 0.3) is 0 Å². The Kier molecular flexibility index (Phi) is 11.6. The summed E-state index contributed by atoms with van der Waals surface area (Å²) in [6.07, 6.45) is 6.77. The maximum atomic E-state index is 5.92. The van der Waals surface area contributed by atoms with Crippen LogP contribution in [0.4, 0.5) is 5.69 Å². The Morgan fingerprint density at radius 3 is 1.81 bits per heavy atom. The number of allylic oxidation sites excluding steroid dienone is 2. The molecule has 1 heteroatoms. The van der Waals surface area contributed by atoms with Crippen molar-refractivity contribution in [2.24, 2.45) is 0 Å². The second-order valence-corrected chi connectivity index (χ2v) is 8.49. The van der Waals surface area contributed by atoms with Gasteiger partial charge in [-0.3, -0.25) is 0 Å². The van der Waals surface area contributed by atoms with Crippen LogP contribution in [0.25, 0.3) is 11.1 Å². The topological polar surface area (TPSA) is 26.0 Å². The summed E-state index contributed by atoms with van der Waals surface area (Å²) in [5, 5.41) is 0. The van der Waals surface area contributed by atoms with E-state index in [2.05, 4.69) is 96.2 Å². The third-order valence-corrected chi connectivity index (χ3v) is 5.49. The first-order valence-electron chi connectivity index (χ1n) is 12.0. The van der Waals surface area contributed by atoms with Gasteiger partial charge in [0.15, 0.2) is 0 Å². The lowest BCUT2D eigenvalue weighted by Crippen LogP contribution is -2.15. The van der Waals surface area contributed by atoms with Crippen LogP contribution >= 0.6 is 0 Å². The molecule has 0 aliphatic heterocycles. The van der Waals surface area contributed by atoms with Crippen LogP contribution in [0.1, 0.15) is 76.6 Å². The zero-order valence-electron chi connectivity index (χ0n) is 21.5. The normalized spacial score (nSPS) is 12.2. The fourth-order valence-electron chi connectivity index (χ4n) is 3.74. The first kappa shape index (κ1) is 27.2. The van der Waals surface area contributed by atoms with Crippen LogP contribution in [0.15, 0.2) is 78.9 Å². The van der Waals surface area contributed by atoms with E-state index in [1.54, 1.807) is 0 Å². The highest BCUT2D eigenvalue weighted by Crippen LogP contribution is 2.49. The van der Waals surface area contributed by atoms with Gasteiger partial charge in [-0.2, -0.15) is 0 Å². The van der Waals surface area contributed by atoms with E-state index < -0.39 is 0 Å². The lowest BCUT2D eigenvalue weighted by molar-refractivity contribution is 0.660. The summed E-state index contributed by atoms with van der Waals surface area (Å²) in [7, 11) is 0. The first-order chi connectivity index (χ1) is 15.3. The molecule has 0 aromatic heterocycles. The number of fused-ring (bicyclic) bond motifs is 3. The van der Waals surface area contributed by atoms with Gasteiger partial charge in [0.05, 0.1) is 0 Å². The number of hydrogen-bond acceptors (Lipinski definition) is 1. The van der Waals surface area contributed by atoms with Crippen LogP contribution in [0, 0.1) is 13.8 Å². The van der Waals surface area contributed by atoms with E-state index in [0.717, 1.165) is 5.69 Å². The van der Waals surface area contributed by atoms with Crippen LogP contribution in [0.5, 0.6) is 0 Å². The van der Waals surface area contributed by atoms with Gasteiger partial charge in [-0.25, -0.2) is 0 Å². The quantitative estimate of drug-likeness (QED) is 0.319. The number of benzene rings is 3. The van der Waals surface area contributed by atoms with Gasteiger partial charge in [-0.05, 0) is 61.6 Å². The van der Waals surface area contributed by atoms with Gasteiger partial charge in [0, 0.05) is 11.1 Å². The molecule has 0 atom stereocenters. The highest BCUT2D eigenvalue weighted by atomic mass is 14.5. The van der Waals surface area contributed by atoms with Crippen molar-refractivity contribution >= 4 is 5.69 Å². The number of rotatable bonds is 2. The van der Waals surface area contributed by atoms with Gasteiger partial charge < -0.3 is 5.73 Å². The standard InChI is InChI=1S/C16H17N.C7H8.C6H12.C2H6/c1-10-4-6-12-13-7-5-11(17)9-15(13)16(2,3)14(12)8-10;1-7-5-3-2-4-6-7;1-3-5-6-4-2;1-2/h4-9H,17H2,1-3H3;2-6H,1H3;3,5H,4,6H2,1-2H3;1-2H3/b;;5-3-;. The monoisotopic (exact) mass is 429 g/mol. The van der Waals surface area contributed by atoms with E-state index in [4.69, 9.17) is 5.73 Å². The number of hydrogen-bond donors (Lipinski definition) is 1. The molecule has 1 aliphatic carbocycles. The van der Waals surface area contributed by atoms with Crippen LogP contribution in [0.2, 0.25) is 0 Å². The maximum absolute atomic E-state index is 5.92. The van der Waals surface area contributed by atoms with Gasteiger partial charge >= 0.3 is 0 Å². The summed E-state index contributed by atoms with van der Waals surface area (Å²) < 4.78 is 0. The number of nitrogens with two attached hydrogens (primary N) is 1. The largest absolute Gasteiger partial charge is 0.399 e. The molecule has 0 heterocycles. The fraction of sp³-hybridized carbons (Fsp3) is 0.355. The smallest absolute Gasteiger partial charge is 0.0317 e. The molecule has 3 aromatic rings. The Morgan fingerprint density at radius 2 is 1.34 bits per heavy atom. The first-order valence-corrected chi connectivity index (χ1v) is 12.0. The zero-order valence-corrected chi connectivity index (χ0v) is 21.5. The molecule has 2 N–H and O–H groups in total. The molecule has 172 valence electrons. The average Bonchev–Trinajstić information content (AvgIpc) is 3.01. The van der Waals surface area contributed by atoms with E-state index in [-0.39, 0.29) is 5.41 Å². The minimum absolute atomic E-state index is 0.0616. The van der Waals surface area contributed by atoms with E-state index in [1.807, 2.05) is 38.1 Å². The number of aryl methyl sites for hydroxylation is 2. The lowest BCUT2D eigenvalue weighted by Gasteiger charge is -2.21. The highest BCUT2D eigenvalue weighted by Gasteiger charge is 2.35. The summed E-state index contributed by atoms with van der Waals surface area (Å²) in [5.41, 5.74) is 14.9. The maximum Gasteiger partial charge on any atom is 0.0317 e. The number of nitrogen functional groups attached to an aromatic ring is 1. The SMILES string of the molecule is C/C=C\CCC.CC.Cc1ccc2c(c1)C(C)(C)c1cc(N)ccc1-2.Cc1ccccc1. The number of unbranched alkanes of at least 4 members (excludes halogenated alkanes) is 1. The molecular formula is C31H43N. The highest BCUT2D eigenvalue weighted by molar-refractivity contribution is 5.82. The third-order valence-electron chi connectivity index (χ3n) is 5.49. The van der Waals surface area contributed by atoms with Crippen LogP contribution < -0.4 is 5.73 Å². The predicted octanol–water partition coefficient (Wildman–Crippen LogP) is 9.27. The molecule has 0 bridgehead atoms. The lowest BCUT2D eigenvalue weighted by atomic mass is 9.82. The van der Waals surface area contributed by atoms with Crippen molar-refractivity contribution in [3.63, 3.8) is 0 Å². The molecule has 0 saturated carbocycles. The van der Waals surface area contributed by atoms with Gasteiger partial charge in [-0.1, -0.05) is 119 Å². The molecule has 0 amide bonds. The van der Waals surface area contributed by atoms with Crippen molar-refractivity contribution in [1.29, 1.82) is 0 Å². The predicted molar refractivity (Wildman–Crippen MR) is 145 cm³/mol. The van der Waals surface area contributed by atoms with Crippen molar-refractivity contribution in [1.82, 2.24) is 0 Å². The molecule has 0 spiro atoms. The Labute approximate surface area is 197 Å². The van der Waals surface area contributed by atoms with E-state index in [0.29, 0.717) is 0 Å². The Bertz CT molecular complexity index is 912. The molecule has 0 fully saturated rings. The van der Waals surface area contributed by atoms with Gasteiger partial charge in [0.1, 0.15) is 0 Å². The number of anilines is 1. The van der Waals surface area contributed by atoms with E-state index in [1.165, 1.54) is 46.2 Å². The summed E-state index contributed by atoms with van der Waals surface area (Å²) in [4.78, 5) is 0. The van der Waals surface area contributed by atoms with Crippen molar-refractivity contribution in [2.75, 3.05) is 5.73 Å². The summed E-state index contributed by atoms with van der Waals surface area (Å²) in [6.45, 7) is 17.0. The average molecular weight is 430 g/mol. The van der Waals surface area contributed by atoms with Gasteiger partial charge in [-0.15, -0.1) is 0 Å². The minimum Gasteiger partial charge on any atom is -0.399 e. The van der Waals surface area contributed by atoms with Crippen molar-refractivity contribution in [3.8, 4) is 11.1 Å². The Hall–Kier alpha value is -2.80. The van der Waals surface area contributed by atoms with E-state index in [9.17, 15) is 0 Å². The third kappa shape index (κ3) is 7.41. The van der Waals surface area contributed by atoms with Crippen molar-refractivity contribution in [3.05, 3.63) is 101 Å². The molecule has 0 unspecified atom stereocenters. The van der Waals surface area contributed by atoms with Crippen LogP contribution in [-0.4, -0.2) is 0 Å². The van der Waals surface area contributed by atoms with E-state index >= 15 is 0 Å². The van der Waals surface area contributed by atoms with Crippen molar-refractivity contribution < 1.29 is 0 Å². The second kappa shape index (κ2) is 13.6. The Balaban J connectivity index is 0.000000284. The second-order valence-electron chi connectivity index (χ2n) is 8.49. The molecule has 1 aliphatic rings. The summed E-state index contributed by atoms with van der Waals surface area (Å²) in [6, 6.07) is 23.2. The fourth-order valence-corrected chi connectivity index (χ4v) is 3.74.